The second kappa shape index (κ2) is 4.05. The van der Waals surface area contributed by atoms with E-state index in [0.29, 0.717) is 12.2 Å². The average Bonchev–Trinajstić information content (AvgIpc) is 3.13. The summed E-state index contributed by atoms with van der Waals surface area (Å²) in [6.07, 6.45) is 2.29. The van der Waals surface area contributed by atoms with Gasteiger partial charge in [0, 0.05) is 24.2 Å². The van der Waals surface area contributed by atoms with E-state index in [-0.39, 0.29) is 23.2 Å². The molecule has 1 aliphatic carbocycles. The minimum Gasteiger partial charge on any atom is -0.310 e. The van der Waals surface area contributed by atoms with Crippen LogP contribution in [0.2, 0.25) is 0 Å². The third-order valence-corrected chi connectivity index (χ3v) is 3.99. The number of amides is 1. The summed E-state index contributed by atoms with van der Waals surface area (Å²) >= 11 is 0. The van der Waals surface area contributed by atoms with E-state index in [4.69, 9.17) is 0 Å². The summed E-state index contributed by atoms with van der Waals surface area (Å²) < 4.78 is 13.3. The fourth-order valence-electron chi connectivity index (χ4n) is 2.53. The van der Waals surface area contributed by atoms with Crippen LogP contribution >= 0.6 is 0 Å². The van der Waals surface area contributed by atoms with E-state index < -0.39 is 0 Å². The van der Waals surface area contributed by atoms with Crippen molar-refractivity contribution in [2.45, 2.75) is 25.8 Å². The topological polar surface area (TPSA) is 32.3 Å². The number of nitrogens with one attached hydrogen (secondary N) is 1. The highest BCUT2D eigenvalue weighted by atomic mass is 19.1. The number of hydrogen-bond donors (Lipinski definition) is 1. The maximum absolute atomic E-state index is 13.3. The largest absolute Gasteiger partial charge is 0.310 e. The van der Waals surface area contributed by atoms with Crippen molar-refractivity contribution in [3.63, 3.8) is 0 Å². The number of hydrogen-bond acceptors (Lipinski definition) is 2. The Morgan fingerprint density at radius 2 is 2.22 bits per heavy atom. The molecule has 18 heavy (non-hydrogen) atoms. The molecule has 1 aliphatic heterocycles. The molecule has 0 bridgehead atoms. The first-order chi connectivity index (χ1) is 8.60. The van der Waals surface area contributed by atoms with Gasteiger partial charge in [0.05, 0.1) is 6.04 Å². The van der Waals surface area contributed by atoms with Gasteiger partial charge in [0.15, 0.2) is 0 Å². The van der Waals surface area contributed by atoms with Crippen LogP contribution in [0.15, 0.2) is 24.3 Å². The zero-order valence-electron chi connectivity index (χ0n) is 10.4. The van der Waals surface area contributed by atoms with Crippen LogP contribution in [0.1, 0.15) is 19.8 Å². The molecule has 3 nitrogen and oxygen atoms in total. The summed E-state index contributed by atoms with van der Waals surface area (Å²) in [5.41, 5.74) is 0.883. The van der Waals surface area contributed by atoms with Crippen LogP contribution in [0, 0.1) is 11.2 Å². The molecule has 0 radical (unpaired) electrons. The van der Waals surface area contributed by atoms with Gasteiger partial charge in [0.2, 0.25) is 5.91 Å². The number of anilines is 1. The van der Waals surface area contributed by atoms with Crippen LogP contribution < -0.4 is 10.2 Å². The fraction of sp³-hybridized carbons (Fsp3) is 0.500. The van der Waals surface area contributed by atoms with Crippen molar-refractivity contribution in [3.05, 3.63) is 30.1 Å². The summed E-state index contributed by atoms with van der Waals surface area (Å²) in [5, 5.41) is 3.28. The molecule has 1 amide bonds. The zero-order chi connectivity index (χ0) is 12.8. The minimum atomic E-state index is -0.296. The molecule has 1 atom stereocenters. The monoisotopic (exact) mass is 248 g/mol. The fourth-order valence-corrected chi connectivity index (χ4v) is 2.53. The number of halogens is 1. The lowest BCUT2D eigenvalue weighted by Crippen LogP contribution is -2.41. The first kappa shape index (κ1) is 11.7. The highest BCUT2D eigenvalue weighted by Crippen LogP contribution is 2.47. The number of benzene rings is 1. The Morgan fingerprint density at radius 3 is 2.89 bits per heavy atom. The minimum absolute atomic E-state index is 0.0318. The molecule has 1 unspecified atom stereocenters. The van der Waals surface area contributed by atoms with E-state index in [0.717, 1.165) is 19.4 Å². The van der Waals surface area contributed by atoms with Gasteiger partial charge in [-0.3, -0.25) is 4.79 Å². The number of rotatable bonds is 1. The number of nitrogens with zero attached hydrogens (tertiary/aromatic N) is 1. The molecule has 96 valence electrons. The van der Waals surface area contributed by atoms with Gasteiger partial charge in [-0.15, -0.1) is 0 Å². The van der Waals surface area contributed by atoms with Crippen molar-refractivity contribution in [1.29, 1.82) is 0 Å². The lowest BCUT2D eigenvalue weighted by atomic mass is 10.1. The number of carbonyl (C=O) groups is 1. The highest BCUT2D eigenvalue weighted by Gasteiger charge is 2.47. The standard InChI is InChI=1S/C14H17FN2O/c1-10-13(18)17(9-14(5-6-14)8-16-10)12-4-2-3-11(15)7-12/h2-4,7,10,16H,5-6,8-9H2,1H3. The van der Waals surface area contributed by atoms with E-state index in [1.807, 2.05) is 6.92 Å². The van der Waals surface area contributed by atoms with E-state index in [9.17, 15) is 9.18 Å². The molecule has 3 rings (SSSR count). The summed E-state index contributed by atoms with van der Waals surface area (Å²) in [7, 11) is 0. The summed E-state index contributed by atoms with van der Waals surface area (Å²) in [5.74, 6) is -0.264. The SMILES string of the molecule is CC1NCC2(CC2)CN(c2cccc(F)c2)C1=O. The van der Waals surface area contributed by atoms with Crippen LogP contribution in [0.25, 0.3) is 0 Å². The maximum atomic E-state index is 13.3. The maximum Gasteiger partial charge on any atom is 0.243 e. The lowest BCUT2D eigenvalue weighted by Gasteiger charge is -2.25. The van der Waals surface area contributed by atoms with Crippen LogP contribution in [-0.4, -0.2) is 25.0 Å². The van der Waals surface area contributed by atoms with Crippen LogP contribution in [-0.2, 0) is 4.79 Å². The van der Waals surface area contributed by atoms with Gasteiger partial charge in [-0.1, -0.05) is 6.07 Å². The molecular weight excluding hydrogens is 231 g/mol. The molecule has 1 spiro atoms. The third-order valence-electron chi connectivity index (χ3n) is 3.99. The molecule has 1 saturated carbocycles. The quantitative estimate of drug-likeness (QED) is 0.823. The smallest absolute Gasteiger partial charge is 0.243 e. The third kappa shape index (κ3) is 2.01. The Morgan fingerprint density at radius 1 is 1.44 bits per heavy atom. The van der Waals surface area contributed by atoms with Crippen molar-refractivity contribution in [2.24, 2.45) is 5.41 Å². The van der Waals surface area contributed by atoms with Crippen molar-refractivity contribution >= 4 is 11.6 Å². The molecule has 2 fully saturated rings. The number of carbonyl (C=O) groups excluding carboxylic acids is 1. The van der Waals surface area contributed by atoms with E-state index in [2.05, 4.69) is 5.32 Å². The first-order valence-electron chi connectivity index (χ1n) is 6.40. The Balaban J connectivity index is 1.94. The molecule has 4 heteroatoms. The zero-order valence-corrected chi connectivity index (χ0v) is 10.4. The summed E-state index contributed by atoms with van der Waals surface area (Å²) in [6.45, 7) is 3.45. The Hall–Kier alpha value is -1.42. The van der Waals surface area contributed by atoms with Crippen LogP contribution in [0.3, 0.4) is 0 Å². The molecule has 0 aromatic heterocycles. The lowest BCUT2D eigenvalue weighted by molar-refractivity contribution is -0.119. The highest BCUT2D eigenvalue weighted by molar-refractivity contribution is 5.97. The molecule has 1 saturated heterocycles. The summed E-state index contributed by atoms with van der Waals surface area (Å²) in [4.78, 5) is 14.1. The van der Waals surface area contributed by atoms with Gasteiger partial charge >= 0.3 is 0 Å². The van der Waals surface area contributed by atoms with Crippen molar-refractivity contribution < 1.29 is 9.18 Å². The second-order valence-electron chi connectivity index (χ2n) is 5.51. The summed E-state index contributed by atoms with van der Waals surface area (Å²) in [6, 6.07) is 6.09. The Bertz CT molecular complexity index is 484. The van der Waals surface area contributed by atoms with Crippen LogP contribution in [0.5, 0.6) is 0 Å². The Labute approximate surface area is 106 Å². The van der Waals surface area contributed by atoms with Gasteiger partial charge in [0.25, 0.3) is 0 Å². The predicted molar refractivity (Wildman–Crippen MR) is 67.9 cm³/mol. The van der Waals surface area contributed by atoms with Crippen molar-refractivity contribution in [1.82, 2.24) is 5.32 Å². The second-order valence-corrected chi connectivity index (χ2v) is 5.51. The van der Waals surface area contributed by atoms with E-state index in [1.165, 1.54) is 12.1 Å². The Kier molecular flexibility index (Phi) is 2.63. The molecule has 1 heterocycles. The van der Waals surface area contributed by atoms with Crippen molar-refractivity contribution in [2.75, 3.05) is 18.0 Å². The van der Waals surface area contributed by atoms with Crippen molar-refractivity contribution in [3.8, 4) is 0 Å². The molecule has 1 aromatic rings. The normalized spacial score (nSPS) is 26.2. The van der Waals surface area contributed by atoms with Gasteiger partial charge in [-0.25, -0.2) is 4.39 Å². The molecular formula is C14H17FN2O. The van der Waals surface area contributed by atoms with Gasteiger partial charge in [-0.2, -0.15) is 0 Å². The predicted octanol–water partition coefficient (Wildman–Crippen LogP) is 1.93. The van der Waals surface area contributed by atoms with E-state index in [1.54, 1.807) is 17.0 Å². The van der Waals surface area contributed by atoms with Gasteiger partial charge < -0.3 is 10.2 Å². The van der Waals surface area contributed by atoms with E-state index >= 15 is 0 Å². The van der Waals surface area contributed by atoms with Crippen LogP contribution in [0.4, 0.5) is 10.1 Å². The molecule has 2 aliphatic rings. The molecule has 1 aromatic carbocycles. The van der Waals surface area contributed by atoms with Gasteiger partial charge in [0.1, 0.15) is 5.82 Å². The molecule has 1 N–H and O–H groups in total. The van der Waals surface area contributed by atoms with Gasteiger partial charge in [-0.05, 0) is 38.0 Å². The first-order valence-corrected chi connectivity index (χ1v) is 6.40. The average molecular weight is 248 g/mol.